The minimum Gasteiger partial charge on any atom is -0.311 e. The van der Waals surface area contributed by atoms with Crippen LogP contribution >= 0.6 is 0 Å². The second-order valence-corrected chi connectivity index (χ2v) is 4.32. The summed E-state index contributed by atoms with van der Waals surface area (Å²) in [6.45, 7) is 1.69. The zero-order chi connectivity index (χ0) is 15.4. The number of aryl methyl sites for hydroxylation is 2. The van der Waals surface area contributed by atoms with E-state index < -0.39 is 17.2 Å². The van der Waals surface area contributed by atoms with Gasteiger partial charge in [0, 0.05) is 31.3 Å². The van der Waals surface area contributed by atoms with E-state index in [1.165, 1.54) is 16.8 Å². The monoisotopic (exact) mass is 291 g/mol. The first-order valence-corrected chi connectivity index (χ1v) is 6.11. The van der Waals surface area contributed by atoms with Crippen LogP contribution < -0.4 is 22.1 Å². The topological polar surface area (TPSA) is 130 Å². The van der Waals surface area contributed by atoms with Crippen molar-refractivity contribution in [2.24, 2.45) is 0 Å². The fourth-order valence-electron chi connectivity index (χ4n) is 1.69. The van der Waals surface area contributed by atoms with Crippen molar-refractivity contribution >= 4 is 11.7 Å². The first kappa shape index (κ1) is 14.4. The van der Waals surface area contributed by atoms with Crippen molar-refractivity contribution in [3.63, 3.8) is 0 Å². The van der Waals surface area contributed by atoms with Crippen molar-refractivity contribution < 1.29 is 4.79 Å². The Bertz CT molecular complexity index is 832. The molecule has 0 saturated heterocycles. The van der Waals surface area contributed by atoms with E-state index in [0.29, 0.717) is 5.82 Å². The number of amides is 1. The fourth-order valence-corrected chi connectivity index (χ4v) is 1.69. The maximum atomic E-state index is 11.7. The number of carbonyl (C=O) groups is 1. The van der Waals surface area contributed by atoms with Crippen LogP contribution in [0.1, 0.15) is 12.2 Å². The molecule has 0 saturated carbocycles. The van der Waals surface area contributed by atoms with Gasteiger partial charge in [0.2, 0.25) is 5.91 Å². The van der Waals surface area contributed by atoms with E-state index >= 15 is 0 Å². The number of anilines is 1. The Balaban J connectivity index is 2.00. The molecule has 2 aromatic rings. The average molecular weight is 291 g/mol. The van der Waals surface area contributed by atoms with E-state index in [2.05, 4.69) is 20.3 Å². The summed E-state index contributed by atoms with van der Waals surface area (Å²) in [5.41, 5.74) is -1.45. The zero-order valence-corrected chi connectivity index (χ0v) is 11.2. The molecule has 0 spiro atoms. The first-order valence-electron chi connectivity index (χ1n) is 6.11. The smallest absolute Gasteiger partial charge is 0.311 e. The lowest BCUT2D eigenvalue weighted by Gasteiger charge is -2.06. The van der Waals surface area contributed by atoms with Crippen LogP contribution in [0.3, 0.4) is 0 Å². The Kier molecular flexibility index (Phi) is 4.12. The number of nitrogens with zero attached hydrogens (tertiary/aromatic N) is 2. The van der Waals surface area contributed by atoms with Gasteiger partial charge in [-0.25, -0.2) is 9.78 Å². The molecular formula is C12H13N5O4. The summed E-state index contributed by atoms with van der Waals surface area (Å²) in [5.74, 6) is 0.135. The van der Waals surface area contributed by atoms with E-state index in [-0.39, 0.29) is 24.3 Å². The van der Waals surface area contributed by atoms with Gasteiger partial charge in [-0.05, 0) is 6.92 Å². The number of rotatable bonds is 4. The number of H-pyrrole nitrogens is 2. The molecule has 21 heavy (non-hydrogen) atoms. The number of hydrogen-bond donors (Lipinski definition) is 3. The van der Waals surface area contributed by atoms with Crippen molar-refractivity contribution in [1.29, 1.82) is 0 Å². The third-order valence-corrected chi connectivity index (χ3v) is 2.60. The highest BCUT2D eigenvalue weighted by molar-refractivity contribution is 5.89. The highest BCUT2D eigenvalue weighted by atomic mass is 16.2. The molecule has 110 valence electrons. The lowest BCUT2D eigenvalue weighted by molar-refractivity contribution is -0.116. The molecule has 2 heterocycles. The Morgan fingerprint density at radius 2 is 2.05 bits per heavy atom. The van der Waals surface area contributed by atoms with Gasteiger partial charge in [0.1, 0.15) is 11.6 Å². The Labute approximate surface area is 117 Å². The lowest BCUT2D eigenvalue weighted by Crippen LogP contribution is -2.30. The molecule has 3 N–H and O–H groups in total. The third kappa shape index (κ3) is 4.00. The van der Waals surface area contributed by atoms with Crippen LogP contribution in [0.25, 0.3) is 0 Å². The molecular weight excluding hydrogens is 278 g/mol. The van der Waals surface area contributed by atoms with Crippen LogP contribution in [0.5, 0.6) is 0 Å². The zero-order valence-electron chi connectivity index (χ0n) is 11.2. The van der Waals surface area contributed by atoms with Crippen LogP contribution in [-0.4, -0.2) is 25.4 Å². The molecule has 0 fully saturated rings. The van der Waals surface area contributed by atoms with Gasteiger partial charge in [-0.15, -0.1) is 0 Å². The quantitative estimate of drug-likeness (QED) is 0.662. The van der Waals surface area contributed by atoms with Crippen molar-refractivity contribution in [2.75, 3.05) is 5.32 Å². The molecule has 9 heteroatoms. The van der Waals surface area contributed by atoms with Crippen molar-refractivity contribution in [2.45, 2.75) is 19.9 Å². The summed E-state index contributed by atoms with van der Waals surface area (Å²) in [5, 5.41) is 2.47. The molecule has 1 amide bonds. The van der Waals surface area contributed by atoms with Crippen LogP contribution in [0.4, 0.5) is 5.82 Å². The second kappa shape index (κ2) is 5.99. The predicted octanol–water partition coefficient (Wildman–Crippen LogP) is -1.04. The minimum atomic E-state index is -0.583. The molecule has 2 aromatic heterocycles. The van der Waals surface area contributed by atoms with Crippen LogP contribution in [0, 0.1) is 6.92 Å². The van der Waals surface area contributed by atoms with Gasteiger partial charge in [0.25, 0.3) is 11.1 Å². The van der Waals surface area contributed by atoms with Crippen molar-refractivity contribution in [3.8, 4) is 0 Å². The molecule has 0 atom stereocenters. The summed E-state index contributed by atoms with van der Waals surface area (Å²) < 4.78 is 1.21. The first-order chi connectivity index (χ1) is 9.94. The summed E-state index contributed by atoms with van der Waals surface area (Å²) in [6, 6.07) is 2.36. The minimum absolute atomic E-state index is 0.000519. The molecule has 2 rings (SSSR count). The lowest BCUT2D eigenvalue weighted by atomic mass is 10.4. The van der Waals surface area contributed by atoms with Crippen molar-refractivity contribution in [1.82, 2.24) is 19.5 Å². The molecule has 0 radical (unpaired) electrons. The van der Waals surface area contributed by atoms with Crippen molar-refractivity contribution in [3.05, 3.63) is 55.3 Å². The van der Waals surface area contributed by atoms with E-state index in [1.807, 2.05) is 0 Å². The number of carbonyl (C=O) groups excluding carboxylic acids is 1. The van der Waals surface area contributed by atoms with E-state index in [9.17, 15) is 19.2 Å². The average Bonchev–Trinajstić information content (AvgIpc) is 2.36. The number of aromatic amines is 2. The molecule has 0 aliphatic rings. The van der Waals surface area contributed by atoms with Gasteiger partial charge >= 0.3 is 5.69 Å². The Hall–Kier alpha value is -2.97. The molecule has 0 aliphatic heterocycles. The number of aromatic nitrogens is 4. The van der Waals surface area contributed by atoms with Gasteiger partial charge in [0.15, 0.2) is 0 Å². The van der Waals surface area contributed by atoms with E-state index in [4.69, 9.17) is 0 Å². The van der Waals surface area contributed by atoms with Crippen LogP contribution in [0.2, 0.25) is 0 Å². The Morgan fingerprint density at radius 1 is 1.29 bits per heavy atom. The molecule has 9 nitrogen and oxygen atoms in total. The van der Waals surface area contributed by atoms with E-state index in [1.54, 1.807) is 6.92 Å². The normalized spacial score (nSPS) is 10.3. The summed E-state index contributed by atoms with van der Waals surface area (Å²) in [6.07, 6.45) is 1.31. The fraction of sp³-hybridized carbons (Fsp3) is 0.250. The highest BCUT2D eigenvalue weighted by Crippen LogP contribution is 1.99. The Morgan fingerprint density at radius 3 is 2.71 bits per heavy atom. The van der Waals surface area contributed by atoms with Gasteiger partial charge in [-0.2, -0.15) is 0 Å². The standard InChI is InChI=1S/C12H13N5O4/c1-7-13-8(6-11(20)14-7)15-9(18)2-4-17-5-3-10(19)16-12(17)21/h3,5-6H,2,4H2,1H3,(H,16,19,21)(H2,13,14,15,18,20). The molecule has 0 aliphatic carbocycles. The second-order valence-electron chi connectivity index (χ2n) is 4.32. The van der Waals surface area contributed by atoms with Gasteiger partial charge in [0.05, 0.1) is 0 Å². The van der Waals surface area contributed by atoms with Crippen LogP contribution in [-0.2, 0) is 11.3 Å². The molecule has 0 unspecified atom stereocenters. The molecule has 0 aromatic carbocycles. The number of nitrogens with one attached hydrogen (secondary N) is 3. The summed E-state index contributed by atoms with van der Waals surface area (Å²) in [4.78, 5) is 53.8. The number of hydrogen-bond acceptors (Lipinski definition) is 5. The van der Waals surface area contributed by atoms with Gasteiger partial charge in [-0.3, -0.25) is 19.4 Å². The highest BCUT2D eigenvalue weighted by Gasteiger charge is 2.06. The van der Waals surface area contributed by atoms with Crippen LogP contribution in [0.15, 0.2) is 32.7 Å². The largest absolute Gasteiger partial charge is 0.328 e. The SMILES string of the molecule is Cc1nc(NC(=O)CCn2ccc(=O)[nH]c2=O)cc(=O)[nH]1. The third-order valence-electron chi connectivity index (χ3n) is 2.60. The maximum absolute atomic E-state index is 11.7. The van der Waals surface area contributed by atoms with Gasteiger partial charge < -0.3 is 14.9 Å². The predicted molar refractivity (Wildman–Crippen MR) is 74.2 cm³/mol. The summed E-state index contributed by atoms with van der Waals surface area (Å²) >= 11 is 0. The summed E-state index contributed by atoms with van der Waals surface area (Å²) in [7, 11) is 0. The van der Waals surface area contributed by atoms with Gasteiger partial charge in [-0.1, -0.05) is 0 Å². The molecule has 0 bridgehead atoms. The maximum Gasteiger partial charge on any atom is 0.328 e. The van der Waals surface area contributed by atoms with E-state index in [0.717, 1.165) is 6.07 Å².